The first-order valence-electron chi connectivity index (χ1n) is 6.32. The summed E-state index contributed by atoms with van der Waals surface area (Å²) in [4.78, 5) is 0. The number of rotatable bonds is 6. The average Bonchev–Trinajstić information content (AvgIpc) is 3.11. The lowest BCUT2D eigenvalue weighted by atomic mass is 10.0. The molecule has 1 atom stereocenters. The Morgan fingerprint density at radius 2 is 2.12 bits per heavy atom. The molecule has 0 saturated heterocycles. The molecule has 0 aromatic heterocycles. The van der Waals surface area contributed by atoms with E-state index >= 15 is 0 Å². The van der Waals surface area contributed by atoms with Gasteiger partial charge in [-0.1, -0.05) is 29.3 Å². The van der Waals surface area contributed by atoms with E-state index in [4.69, 9.17) is 23.2 Å². The van der Waals surface area contributed by atoms with Crippen LogP contribution in [0, 0.1) is 5.92 Å². The highest BCUT2D eigenvalue weighted by Crippen LogP contribution is 2.34. The van der Waals surface area contributed by atoms with Crippen LogP contribution in [0.15, 0.2) is 18.2 Å². The van der Waals surface area contributed by atoms with Crippen LogP contribution in [0.25, 0.3) is 0 Å². The van der Waals surface area contributed by atoms with Crippen molar-refractivity contribution in [3.05, 3.63) is 33.8 Å². The zero-order valence-corrected chi connectivity index (χ0v) is 11.7. The second-order valence-electron chi connectivity index (χ2n) is 4.86. The molecule has 1 aliphatic carbocycles. The van der Waals surface area contributed by atoms with Crippen molar-refractivity contribution in [2.45, 2.75) is 38.1 Å². The molecule has 0 spiro atoms. The van der Waals surface area contributed by atoms with Gasteiger partial charge in [-0.05, 0) is 62.8 Å². The predicted octanol–water partition coefficient (Wildman–Crippen LogP) is 4.31. The first-order valence-corrected chi connectivity index (χ1v) is 7.07. The number of aryl methyl sites for hydroxylation is 1. The van der Waals surface area contributed by atoms with E-state index in [2.05, 4.69) is 12.4 Å². The Morgan fingerprint density at radius 1 is 1.35 bits per heavy atom. The molecule has 1 aliphatic rings. The largest absolute Gasteiger partial charge is 0.317 e. The minimum Gasteiger partial charge on any atom is -0.317 e. The molecule has 1 fully saturated rings. The Hall–Kier alpha value is -0.240. The van der Waals surface area contributed by atoms with Crippen LogP contribution in [0.5, 0.6) is 0 Å². The number of benzene rings is 1. The minimum atomic E-state index is 0.695. The summed E-state index contributed by atoms with van der Waals surface area (Å²) >= 11 is 12.0. The molecule has 1 unspecified atom stereocenters. The van der Waals surface area contributed by atoms with Crippen LogP contribution in [0.3, 0.4) is 0 Å². The molecule has 0 heterocycles. The Bertz CT molecular complexity index is 374. The molecule has 3 heteroatoms. The number of hydrogen-bond donors (Lipinski definition) is 1. The first kappa shape index (κ1) is 13.2. The second-order valence-corrected chi connectivity index (χ2v) is 5.70. The van der Waals surface area contributed by atoms with Gasteiger partial charge >= 0.3 is 0 Å². The first-order chi connectivity index (χ1) is 8.20. The summed E-state index contributed by atoms with van der Waals surface area (Å²) < 4.78 is 0. The molecule has 0 radical (unpaired) electrons. The van der Waals surface area contributed by atoms with Gasteiger partial charge in [0.25, 0.3) is 0 Å². The van der Waals surface area contributed by atoms with E-state index in [0.29, 0.717) is 11.1 Å². The highest BCUT2D eigenvalue weighted by molar-refractivity contribution is 6.35. The number of hydrogen-bond acceptors (Lipinski definition) is 1. The van der Waals surface area contributed by atoms with Gasteiger partial charge in [-0.25, -0.2) is 0 Å². The topological polar surface area (TPSA) is 12.0 Å². The SMILES string of the molecule is CNC(CCCc1ccc(Cl)cc1Cl)C1CC1. The predicted molar refractivity (Wildman–Crippen MR) is 75.0 cm³/mol. The van der Waals surface area contributed by atoms with Crippen molar-refractivity contribution in [2.24, 2.45) is 5.92 Å². The van der Waals surface area contributed by atoms with E-state index in [-0.39, 0.29) is 0 Å². The Labute approximate surface area is 114 Å². The molecule has 0 amide bonds. The van der Waals surface area contributed by atoms with Crippen molar-refractivity contribution in [3.8, 4) is 0 Å². The molecular formula is C14H19Cl2N. The third-order valence-electron chi connectivity index (χ3n) is 3.54. The summed E-state index contributed by atoms with van der Waals surface area (Å²) in [5.74, 6) is 0.917. The summed E-state index contributed by atoms with van der Waals surface area (Å²) in [7, 11) is 2.07. The van der Waals surface area contributed by atoms with Crippen molar-refractivity contribution in [1.82, 2.24) is 5.32 Å². The molecule has 1 nitrogen and oxygen atoms in total. The second kappa shape index (κ2) is 6.08. The molecular weight excluding hydrogens is 253 g/mol. The fraction of sp³-hybridized carbons (Fsp3) is 0.571. The summed E-state index contributed by atoms with van der Waals surface area (Å²) in [5.41, 5.74) is 1.21. The molecule has 1 N–H and O–H groups in total. The van der Waals surface area contributed by atoms with Gasteiger partial charge in [0, 0.05) is 16.1 Å². The third kappa shape index (κ3) is 3.87. The lowest BCUT2D eigenvalue weighted by molar-refractivity contribution is 0.456. The van der Waals surface area contributed by atoms with Gasteiger partial charge in [-0.3, -0.25) is 0 Å². The molecule has 2 rings (SSSR count). The minimum absolute atomic E-state index is 0.695. The zero-order valence-electron chi connectivity index (χ0n) is 10.2. The van der Waals surface area contributed by atoms with Gasteiger partial charge in [-0.15, -0.1) is 0 Å². The van der Waals surface area contributed by atoms with Gasteiger partial charge < -0.3 is 5.32 Å². The molecule has 0 bridgehead atoms. The standard InChI is InChI=1S/C14H19Cl2N/c1-17-14(11-5-6-11)4-2-3-10-7-8-12(15)9-13(10)16/h7-9,11,14,17H,2-6H2,1H3. The van der Waals surface area contributed by atoms with Crippen molar-refractivity contribution >= 4 is 23.2 Å². The van der Waals surface area contributed by atoms with Crippen LogP contribution in [0.4, 0.5) is 0 Å². The van der Waals surface area contributed by atoms with Gasteiger partial charge in [0.05, 0.1) is 0 Å². The molecule has 17 heavy (non-hydrogen) atoms. The summed E-state index contributed by atoms with van der Waals surface area (Å²) in [6.45, 7) is 0. The lowest BCUT2D eigenvalue weighted by Crippen LogP contribution is -2.27. The average molecular weight is 272 g/mol. The number of halogens is 2. The monoisotopic (exact) mass is 271 g/mol. The van der Waals surface area contributed by atoms with Crippen LogP contribution >= 0.6 is 23.2 Å². The van der Waals surface area contributed by atoms with Crippen molar-refractivity contribution in [1.29, 1.82) is 0 Å². The van der Waals surface area contributed by atoms with E-state index in [0.717, 1.165) is 17.4 Å². The smallest absolute Gasteiger partial charge is 0.0452 e. The fourth-order valence-electron chi connectivity index (χ4n) is 2.35. The normalized spacial score (nSPS) is 17.1. The van der Waals surface area contributed by atoms with E-state index in [1.54, 1.807) is 0 Å². The Morgan fingerprint density at radius 3 is 2.71 bits per heavy atom. The molecule has 94 valence electrons. The summed E-state index contributed by atoms with van der Waals surface area (Å²) in [6, 6.07) is 6.48. The van der Waals surface area contributed by atoms with Crippen molar-refractivity contribution < 1.29 is 0 Å². The maximum atomic E-state index is 6.15. The Balaban J connectivity index is 1.80. The van der Waals surface area contributed by atoms with Gasteiger partial charge in [0.2, 0.25) is 0 Å². The van der Waals surface area contributed by atoms with Crippen molar-refractivity contribution in [2.75, 3.05) is 7.05 Å². The van der Waals surface area contributed by atoms with Gasteiger partial charge in [0.1, 0.15) is 0 Å². The molecule has 1 aromatic rings. The van der Waals surface area contributed by atoms with Crippen molar-refractivity contribution in [3.63, 3.8) is 0 Å². The zero-order chi connectivity index (χ0) is 12.3. The van der Waals surface area contributed by atoms with Gasteiger partial charge in [-0.2, -0.15) is 0 Å². The maximum Gasteiger partial charge on any atom is 0.0452 e. The van der Waals surface area contributed by atoms with E-state index in [1.807, 2.05) is 18.2 Å². The van der Waals surface area contributed by atoms with Crippen LogP contribution in [0.2, 0.25) is 10.0 Å². The van der Waals surface area contributed by atoms with E-state index in [1.165, 1.54) is 31.2 Å². The molecule has 1 saturated carbocycles. The summed E-state index contributed by atoms with van der Waals surface area (Å²) in [6.07, 6.45) is 6.25. The van der Waals surface area contributed by atoms with Gasteiger partial charge in [0.15, 0.2) is 0 Å². The van der Waals surface area contributed by atoms with E-state index < -0.39 is 0 Å². The fourth-order valence-corrected chi connectivity index (χ4v) is 2.85. The van der Waals surface area contributed by atoms with Crippen LogP contribution < -0.4 is 5.32 Å². The third-order valence-corrected chi connectivity index (χ3v) is 4.13. The Kier molecular flexibility index (Phi) is 4.72. The van der Waals surface area contributed by atoms with Crippen LogP contribution in [-0.2, 0) is 6.42 Å². The lowest BCUT2D eigenvalue weighted by Gasteiger charge is -2.15. The van der Waals surface area contributed by atoms with E-state index in [9.17, 15) is 0 Å². The maximum absolute atomic E-state index is 6.15. The quantitative estimate of drug-likeness (QED) is 0.813. The molecule has 0 aliphatic heterocycles. The van der Waals surface area contributed by atoms with Crippen LogP contribution in [-0.4, -0.2) is 13.1 Å². The number of nitrogens with one attached hydrogen (secondary N) is 1. The molecule has 1 aromatic carbocycles. The highest BCUT2D eigenvalue weighted by atomic mass is 35.5. The summed E-state index contributed by atoms with van der Waals surface area (Å²) in [5, 5.41) is 4.93. The van der Waals surface area contributed by atoms with Crippen LogP contribution in [0.1, 0.15) is 31.2 Å². The highest BCUT2D eigenvalue weighted by Gasteiger charge is 2.29.